The third kappa shape index (κ3) is 2.91. The van der Waals surface area contributed by atoms with Gasteiger partial charge in [0.15, 0.2) is 17.7 Å². The lowest BCUT2D eigenvalue weighted by Gasteiger charge is -2.39. The molecule has 148 valence electrons. The van der Waals surface area contributed by atoms with Gasteiger partial charge in [0.2, 0.25) is 0 Å². The average molecular weight is 434 g/mol. The van der Waals surface area contributed by atoms with Crippen molar-refractivity contribution >= 4 is 11.9 Å². The Hall–Kier alpha value is -0.960. The number of aliphatic hydroxyl groups is 2. The summed E-state index contributed by atoms with van der Waals surface area (Å²) in [6, 6.07) is -0.0260. The van der Waals surface area contributed by atoms with Crippen molar-refractivity contribution in [2.24, 2.45) is 5.92 Å². The molecule has 3 rings (SSSR count). The van der Waals surface area contributed by atoms with E-state index in [9.17, 15) is 19.8 Å². The van der Waals surface area contributed by atoms with E-state index in [-0.39, 0.29) is 35.7 Å². The van der Waals surface area contributed by atoms with Crippen LogP contribution in [-0.4, -0.2) is 76.2 Å². The fraction of sp³-hybridized carbons (Fsp3) is 0.778. The molecule has 0 amide bonds. The number of cyclic esters (lactones) is 1. The Morgan fingerprint density at radius 1 is 1.31 bits per heavy atom. The summed E-state index contributed by atoms with van der Waals surface area (Å²) in [5.74, 6) is -2.62. The van der Waals surface area contributed by atoms with Gasteiger partial charge in [-0.3, -0.25) is 4.79 Å². The standard InChI is InChI=1S/C18H28NO6.BrH/c1-5-19-8-6-12-10-24-16(21)18(4,23)17(3,22)11(2)15(20)25-13(7-9-19)14(12)19;/h6,11,13-14,22-23H,5,7-10H2,1-4H3;1H/q+1;/p-1. The minimum Gasteiger partial charge on any atom is -1.00 e. The molecule has 2 saturated heterocycles. The van der Waals surface area contributed by atoms with E-state index < -0.39 is 29.1 Å². The first-order chi connectivity index (χ1) is 11.6. The number of quaternary nitrogens is 1. The number of hydrogen-bond acceptors (Lipinski definition) is 6. The molecule has 0 aliphatic carbocycles. The Balaban J connectivity index is 0.00000243. The molecule has 6 unspecified atom stereocenters. The number of ether oxygens (including phenoxy) is 2. The smallest absolute Gasteiger partial charge is 0.341 e. The predicted octanol–water partition coefficient (Wildman–Crippen LogP) is -2.85. The van der Waals surface area contributed by atoms with E-state index in [4.69, 9.17) is 9.47 Å². The molecule has 0 aromatic heterocycles. The lowest BCUT2D eigenvalue weighted by molar-refractivity contribution is -0.923. The predicted molar refractivity (Wildman–Crippen MR) is 88.3 cm³/mol. The number of carbonyl (C=O) groups is 2. The normalized spacial score (nSPS) is 45.6. The van der Waals surface area contributed by atoms with Gasteiger partial charge in [-0.1, -0.05) is 0 Å². The molecule has 26 heavy (non-hydrogen) atoms. The van der Waals surface area contributed by atoms with Gasteiger partial charge in [-0.15, -0.1) is 0 Å². The van der Waals surface area contributed by atoms with E-state index in [2.05, 4.69) is 13.0 Å². The highest BCUT2D eigenvalue weighted by molar-refractivity contribution is 5.83. The maximum absolute atomic E-state index is 12.7. The second-order valence-corrected chi connectivity index (χ2v) is 7.95. The molecule has 7 nitrogen and oxygen atoms in total. The van der Waals surface area contributed by atoms with Gasteiger partial charge in [-0.05, 0) is 33.8 Å². The van der Waals surface area contributed by atoms with Crippen LogP contribution in [0.25, 0.3) is 0 Å². The molecule has 0 aromatic carbocycles. The van der Waals surface area contributed by atoms with E-state index in [0.717, 1.165) is 36.1 Å². The Labute approximate surface area is 164 Å². The molecule has 0 saturated carbocycles. The topological polar surface area (TPSA) is 93.1 Å². The van der Waals surface area contributed by atoms with Crippen LogP contribution in [0.15, 0.2) is 11.6 Å². The summed E-state index contributed by atoms with van der Waals surface area (Å²) in [4.78, 5) is 25.1. The minimum absolute atomic E-state index is 0. The van der Waals surface area contributed by atoms with Gasteiger partial charge in [0.25, 0.3) is 0 Å². The highest BCUT2D eigenvalue weighted by Gasteiger charge is 2.58. The number of esters is 2. The summed E-state index contributed by atoms with van der Waals surface area (Å²) in [7, 11) is 0. The molecule has 0 bridgehead atoms. The van der Waals surface area contributed by atoms with Crippen LogP contribution in [0.2, 0.25) is 0 Å². The van der Waals surface area contributed by atoms with Gasteiger partial charge < -0.3 is 41.2 Å². The average Bonchev–Trinajstić information content (AvgIpc) is 3.09. The molecule has 0 aromatic rings. The highest BCUT2D eigenvalue weighted by Crippen LogP contribution is 2.41. The first-order valence-electron chi connectivity index (χ1n) is 8.94. The van der Waals surface area contributed by atoms with E-state index in [1.807, 2.05) is 0 Å². The fourth-order valence-electron chi connectivity index (χ4n) is 4.40. The zero-order valence-corrected chi connectivity index (χ0v) is 17.3. The zero-order chi connectivity index (χ0) is 18.6. The van der Waals surface area contributed by atoms with E-state index in [1.54, 1.807) is 0 Å². The second-order valence-electron chi connectivity index (χ2n) is 7.95. The molecule has 0 spiro atoms. The number of likely N-dealkylation sites (N-methyl/N-ethyl adjacent to an activating group) is 1. The van der Waals surface area contributed by atoms with E-state index in [1.165, 1.54) is 20.8 Å². The zero-order valence-electron chi connectivity index (χ0n) is 15.7. The van der Waals surface area contributed by atoms with Crippen LogP contribution < -0.4 is 17.0 Å². The first-order valence-corrected chi connectivity index (χ1v) is 8.94. The summed E-state index contributed by atoms with van der Waals surface area (Å²) in [5.41, 5.74) is -3.30. The third-order valence-electron chi connectivity index (χ3n) is 6.75. The summed E-state index contributed by atoms with van der Waals surface area (Å²) in [5, 5.41) is 21.3. The van der Waals surface area contributed by atoms with E-state index in [0.29, 0.717) is 0 Å². The number of nitrogens with zero attached hydrogens (tertiary/aromatic N) is 1. The number of halogens is 1. The second kappa shape index (κ2) is 6.89. The van der Waals surface area contributed by atoms with Crippen molar-refractivity contribution in [2.45, 2.75) is 57.5 Å². The van der Waals surface area contributed by atoms with Crippen molar-refractivity contribution in [1.29, 1.82) is 0 Å². The van der Waals surface area contributed by atoms with Crippen molar-refractivity contribution in [3.8, 4) is 0 Å². The summed E-state index contributed by atoms with van der Waals surface area (Å²) in [6.45, 7) is 8.67. The maximum atomic E-state index is 12.7. The molecule has 3 heterocycles. The van der Waals surface area contributed by atoms with Gasteiger partial charge >= 0.3 is 11.9 Å². The molecule has 3 aliphatic heterocycles. The van der Waals surface area contributed by atoms with Crippen molar-refractivity contribution in [2.75, 3.05) is 26.2 Å². The lowest BCUT2D eigenvalue weighted by Crippen LogP contribution is -3.00. The Morgan fingerprint density at radius 3 is 2.58 bits per heavy atom. The van der Waals surface area contributed by atoms with Crippen LogP contribution in [0, 0.1) is 5.92 Å². The van der Waals surface area contributed by atoms with Gasteiger partial charge in [0.05, 0.1) is 25.6 Å². The van der Waals surface area contributed by atoms with Gasteiger partial charge in [-0.25, -0.2) is 4.79 Å². The van der Waals surface area contributed by atoms with Crippen LogP contribution in [-0.2, 0) is 19.1 Å². The Bertz CT molecular complexity index is 631. The summed E-state index contributed by atoms with van der Waals surface area (Å²) < 4.78 is 11.9. The van der Waals surface area contributed by atoms with Crippen LogP contribution in [0.1, 0.15) is 34.1 Å². The summed E-state index contributed by atoms with van der Waals surface area (Å²) in [6.07, 6.45) is 2.48. The highest BCUT2D eigenvalue weighted by atomic mass is 79.9. The van der Waals surface area contributed by atoms with Crippen LogP contribution >= 0.6 is 0 Å². The first kappa shape index (κ1) is 21.3. The van der Waals surface area contributed by atoms with Gasteiger partial charge in [0, 0.05) is 12.0 Å². The minimum atomic E-state index is -2.22. The van der Waals surface area contributed by atoms with Crippen molar-refractivity contribution in [3.63, 3.8) is 0 Å². The Morgan fingerprint density at radius 2 is 1.96 bits per heavy atom. The lowest BCUT2D eigenvalue weighted by atomic mass is 9.76. The Kier molecular flexibility index (Phi) is 5.65. The molecule has 0 radical (unpaired) electrons. The molecule has 6 atom stereocenters. The monoisotopic (exact) mass is 433 g/mol. The van der Waals surface area contributed by atoms with E-state index >= 15 is 0 Å². The quantitative estimate of drug-likeness (QED) is 0.262. The molecule has 2 fully saturated rings. The van der Waals surface area contributed by atoms with Crippen molar-refractivity contribution in [3.05, 3.63) is 11.6 Å². The molecular formula is C18H28BrNO6. The van der Waals surface area contributed by atoms with Gasteiger partial charge in [-0.2, -0.15) is 0 Å². The third-order valence-corrected chi connectivity index (χ3v) is 6.75. The molecule has 2 N–H and O–H groups in total. The molecule has 8 heteroatoms. The molecule has 3 aliphatic rings. The SMILES string of the molecule is CC[N+]12CC=C3COC(=O)C(C)(O)C(C)(O)C(C)C(=O)OC(CC1)C32.[Br-]. The van der Waals surface area contributed by atoms with Crippen LogP contribution in [0.3, 0.4) is 0 Å². The number of rotatable bonds is 1. The number of carbonyl (C=O) groups excluding carboxylic acids is 2. The maximum Gasteiger partial charge on any atom is 0.341 e. The largest absolute Gasteiger partial charge is 1.00 e. The van der Waals surface area contributed by atoms with Crippen LogP contribution in [0.5, 0.6) is 0 Å². The van der Waals surface area contributed by atoms with Crippen molar-refractivity contribution in [1.82, 2.24) is 0 Å². The fourth-order valence-corrected chi connectivity index (χ4v) is 4.40. The van der Waals surface area contributed by atoms with Crippen molar-refractivity contribution < 1.29 is 50.7 Å². The van der Waals surface area contributed by atoms with Crippen LogP contribution in [0.4, 0.5) is 0 Å². The summed E-state index contributed by atoms with van der Waals surface area (Å²) >= 11 is 0. The molecular weight excluding hydrogens is 406 g/mol. The van der Waals surface area contributed by atoms with Gasteiger partial charge in [0.1, 0.15) is 12.2 Å². The number of hydrogen-bond donors (Lipinski definition) is 2.